The third-order valence-corrected chi connectivity index (χ3v) is 5.35. The molecule has 0 spiro atoms. The Morgan fingerprint density at radius 3 is 2.43 bits per heavy atom. The van der Waals surface area contributed by atoms with Crippen molar-refractivity contribution in [3.8, 4) is 5.75 Å². The maximum atomic E-state index is 14.2. The molecule has 1 aromatic carbocycles. The average molecular weight is 357 g/mol. The molecule has 5 heteroatoms. The van der Waals surface area contributed by atoms with Gasteiger partial charge < -0.3 is 5.11 Å². The zero-order valence-corrected chi connectivity index (χ0v) is 12.9. The predicted molar refractivity (Wildman–Crippen MR) is 78.9 cm³/mol. The fraction of sp³-hybridized carbons (Fsp3) is 0.438. The first-order valence-electron chi connectivity index (χ1n) is 7.13. The van der Waals surface area contributed by atoms with Crippen LogP contribution < -0.4 is 0 Å². The van der Waals surface area contributed by atoms with Crippen molar-refractivity contribution in [1.82, 2.24) is 0 Å². The van der Waals surface area contributed by atoms with Crippen LogP contribution in [0.2, 0.25) is 0 Å². The van der Waals surface area contributed by atoms with Crippen LogP contribution in [0.1, 0.15) is 37.7 Å². The molecule has 1 fully saturated rings. The van der Waals surface area contributed by atoms with Gasteiger partial charge in [0.25, 0.3) is 0 Å². The van der Waals surface area contributed by atoms with E-state index in [0.29, 0.717) is 10.1 Å². The molecule has 0 radical (unpaired) electrons. The predicted octanol–water partition coefficient (Wildman–Crippen LogP) is 4.56. The fourth-order valence-corrected chi connectivity index (χ4v) is 4.29. The monoisotopic (exact) mass is 356 g/mol. The zero-order chi connectivity index (χ0) is 15.1. The Bertz CT molecular complexity index is 639. The molecule has 0 aromatic heterocycles. The Balaban J connectivity index is 2.12. The van der Waals surface area contributed by atoms with Crippen LogP contribution in [-0.4, -0.2) is 10.9 Å². The molecular formula is C16H15BrF2O2. The van der Waals surface area contributed by atoms with Gasteiger partial charge >= 0.3 is 0 Å². The maximum absolute atomic E-state index is 14.2. The highest BCUT2D eigenvalue weighted by Crippen LogP contribution is 2.49. The zero-order valence-electron chi connectivity index (χ0n) is 11.3. The van der Waals surface area contributed by atoms with E-state index < -0.39 is 17.4 Å². The van der Waals surface area contributed by atoms with Crippen molar-refractivity contribution in [3.63, 3.8) is 0 Å². The van der Waals surface area contributed by atoms with E-state index in [9.17, 15) is 18.7 Å². The summed E-state index contributed by atoms with van der Waals surface area (Å²) >= 11 is 3.28. The molecule has 0 bridgehead atoms. The Morgan fingerprint density at radius 1 is 1.05 bits per heavy atom. The summed E-state index contributed by atoms with van der Waals surface area (Å²) in [6.07, 6.45) is 4.65. The Kier molecular flexibility index (Phi) is 3.86. The molecule has 1 saturated carbocycles. The van der Waals surface area contributed by atoms with Gasteiger partial charge in [0, 0.05) is 11.5 Å². The number of Topliss-reactive ketones (excluding diaryl/α,β-unsaturated/α-hetero) is 1. The summed E-state index contributed by atoms with van der Waals surface area (Å²) in [5.74, 6) is -3.26. The Labute approximate surface area is 130 Å². The summed E-state index contributed by atoms with van der Waals surface area (Å²) in [7, 11) is 0. The Hall–Kier alpha value is -1.23. The Morgan fingerprint density at radius 2 is 1.71 bits per heavy atom. The summed E-state index contributed by atoms with van der Waals surface area (Å²) in [6, 6.07) is 2.49. The second kappa shape index (κ2) is 5.52. The van der Waals surface area contributed by atoms with E-state index in [4.69, 9.17) is 0 Å². The van der Waals surface area contributed by atoms with Gasteiger partial charge in [-0.1, -0.05) is 19.3 Å². The first-order valence-corrected chi connectivity index (χ1v) is 7.93. The van der Waals surface area contributed by atoms with Crippen molar-refractivity contribution in [2.24, 2.45) is 11.8 Å². The lowest BCUT2D eigenvalue weighted by atomic mass is 9.84. The van der Waals surface area contributed by atoms with E-state index in [1.54, 1.807) is 0 Å². The smallest absolute Gasteiger partial charge is 0.200 e. The number of hydrogen-bond donors (Lipinski definition) is 1. The topological polar surface area (TPSA) is 37.3 Å². The summed E-state index contributed by atoms with van der Waals surface area (Å²) in [6.45, 7) is 0. The minimum absolute atomic E-state index is 0.00946. The number of carbonyl (C=O) groups excluding carboxylic acids is 1. The van der Waals surface area contributed by atoms with E-state index in [1.807, 2.05) is 0 Å². The number of benzene rings is 1. The van der Waals surface area contributed by atoms with Crippen LogP contribution in [-0.2, 0) is 4.79 Å². The van der Waals surface area contributed by atoms with E-state index >= 15 is 0 Å². The number of phenols is 1. The molecule has 112 valence electrons. The van der Waals surface area contributed by atoms with Gasteiger partial charge in [0.15, 0.2) is 17.3 Å². The van der Waals surface area contributed by atoms with Gasteiger partial charge in [-0.15, -0.1) is 0 Å². The van der Waals surface area contributed by atoms with Crippen LogP contribution in [0.15, 0.2) is 16.6 Å². The van der Waals surface area contributed by atoms with Gasteiger partial charge in [-0.05, 0) is 52.4 Å². The SMILES string of the molecule is O=C1C(Br)=C(c2ccc(O)c(F)c2F)C2CCCCCC12. The van der Waals surface area contributed by atoms with Gasteiger partial charge in [-0.25, -0.2) is 4.39 Å². The van der Waals surface area contributed by atoms with Crippen molar-refractivity contribution < 1.29 is 18.7 Å². The molecule has 2 aliphatic rings. The van der Waals surface area contributed by atoms with Gasteiger partial charge in [0.05, 0.1) is 4.48 Å². The second-order valence-corrected chi connectivity index (χ2v) is 6.50. The first kappa shape index (κ1) is 14.7. The highest BCUT2D eigenvalue weighted by atomic mass is 79.9. The van der Waals surface area contributed by atoms with Crippen molar-refractivity contribution in [1.29, 1.82) is 0 Å². The number of halogens is 3. The van der Waals surface area contributed by atoms with Crippen LogP contribution in [0, 0.1) is 23.5 Å². The summed E-state index contributed by atoms with van der Waals surface area (Å²) in [5.41, 5.74) is 0.642. The average Bonchev–Trinajstić information content (AvgIpc) is 2.65. The van der Waals surface area contributed by atoms with Crippen molar-refractivity contribution in [2.75, 3.05) is 0 Å². The van der Waals surface area contributed by atoms with Gasteiger partial charge in [-0.3, -0.25) is 4.79 Å². The van der Waals surface area contributed by atoms with Crippen molar-refractivity contribution >= 4 is 27.3 Å². The van der Waals surface area contributed by atoms with Crippen molar-refractivity contribution in [3.05, 3.63) is 33.8 Å². The first-order chi connectivity index (χ1) is 10.0. The molecule has 1 aromatic rings. The molecule has 1 N–H and O–H groups in total. The number of allylic oxidation sites excluding steroid dienone is 2. The van der Waals surface area contributed by atoms with Crippen LogP contribution in [0.4, 0.5) is 8.78 Å². The molecule has 0 saturated heterocycles. The third-order valence-electron chi connectivity index (χ3n) is 4.53. The number of carbonyl (C=O) groups is 1. The molecule has 2 unspecified atom stereocenters. The molecule has 0 aliphatic heterocycles. The molecule has 2 aliphatic carbocycles. The van der Waals surface area contributed by atoms with Crippen LogP contribution in [0.25, 0.3) is 5.57 Å². The van der Waals surface area contributed by atoms with Gasteiger partial charge in [0.1, 0.15) is 0 Å². The maximum Gasteiger partial charge on any atom is 0.200 e. The van der Waals surface area contributed by atoms with E-state index in [-0.39, 0.29) is 23.2 Å². The minimum Gasteiger partial charge on any atom is -0.505 e. The lowest BCUT2D eigenvalue weighted by molar-refractivity contribution is -0.118. The second-order valence-electron chi connectivity index (χ2n) is 5.70. The molecule has 0 heterocycles. The largest absolute Gasteiger partial charge is 0.505 e. The lowest BCUT2D eigenvalue weighted by Gasteiger charge is -2.19. The number of fused-ring (bicyclic) bond motifs is 1. The lowest BCUT2D eigenvalue weighted by Crippen LogP contribution is -2.16. The molecule has 2 atom stereocenters. The molecule has 2 nitrogen and oxygen atoms in total. The summed E-state index contributed by atoms with van der Waals surface area (Å²) < 4.78 is 28.2. The molecular weight excluding hydrogens is 342 g/mol. The molecule has 21 heavy (non-hydrogen) atoms. The number of ketones is 1. The number of hydrogen-bond acceptors (Lipinski definition) is 2. The quantitative estimate of drug-likeness (QED) is 0.800. The van der Waals surface area contributed by atoms with E-state index in [1.165, 1.54) is 6.07 Å². The van der Waals surface area contributed by atoms with Crippen LogP contribution in [0.5, 0.6) is 5.75 Å². The van der Waals surface area contributed by atoms with Crippen LogP contribution >= 0.6 is 15.9 Å². The fourth-order valence-electron chi connectivity index (χ4n) is 3.49. The highest BCUT2D eigenvalue weighted by Gasteiger charge is 2.42. The molecule has 3 rings (SSSR count). The summed E-state index contributed by atoms with van der Waals surface area (Å²) in [4.78, 5) is 12.4. The molecule has 0 amide bonds. The number of aromatic hydroxyl groups is 1. The number of rotatable bonds is 1. The van der Waals surface area contributed by atoms with Gasteiger partial charge in [-0.2, -0.15) is 4.39 Å². The minimum atomic E-state index is -1.26. The number of phenolic OH excluding ortho intramolecular Hbond substituents is 1. The summed E-state index contributed by atoms with van der Waals surface area (Å²) in [5, 5.41) is 9.25. The third kappa shape index (κ3) is 2.31. The van der Waals surface area contributed by atoms with E-state index in [0.717, 1.165) is 38.2 Å². The van der Waals surface area contributed by atoms with Crippen molar-refractivity contribution in [2.45, 2.75) is 32.1 Å². The standard InChI is InChI=1S/C16H15BrF2O2/c17-13-12(10-6-7-11(20)15(19)14(10)18)8-4-2-1-3-5-9(8)16(13)21/h6-9,20H,1-5H2. The van der Waals surface area contributed by atoms with E-state index in [2.05, 4.69) is 15.9 Å². The van der Waals surface area contributed by atoms with Gasteiger partial charge in [0.2, 0.25) is 5.82 Å². The van der Waals surface area contributed by atoms with Crippen LogP contribution in [0.3, 0.4) is 0 Å². The normalized spacial score (nSPS) is 26.0. The highest BCUT2D eigenvalue weighted by molar-refractivity contribution is 9.12.